The van der Waals surface area contributed by atoms with Crippen molar-refractivity contribution in [3.63, 3.8) is 0 Å². The third kappa shape index (κ3) is 5.14. The van der Waals surface area contributed by atoms with E-state index in [4.69, 9.17) is 4.43 Å². The van der Waals surface area contributed by atoms with Crippen molar-refractivity contribution >= 4 is 14.0 Å². The Morgan fingerprint density at radius 2 is 1.74 bits per heavy atom. The van der Waals surface area contributed by atoms with E-state index in [1.165, 1.54) is 31.4 Å². The van der Waals surface area contributed by atoms with E-state index in [2.05, 4.69) is 103 Å². The molecule has 1 aromatic carbocycles. The van der Waals surface area contributed by atoms with Crippen LogP contribution in [0.4, 0.5) is 5.69 Å². The van der Waals surface area contributed by atoms with Gasteiger partial charge in [0.05, 0.1) is 6.10 Å². The first kappa shape index (κ1) is 24.6. The first-order valence-corrected chi connectivity index (χ1v) is 15.4. The van der Waals surface area contributed by atoms with Crippen LogP contribution in [0.5, 0.6) is 0 Å². The highest BCUT2D eigenvalue weighted by molar-refractivity contribution is 6.74. The molecule has 174 valence electrons. The number of anilines is 1. The zero-order chi connectivity index (χ0) is 23.0. The van der Waals surface area contributed by atoms with Gasteiger partial charge in [0.15, 0.2) is 8.32 Å². The minimum Gasteiger partial charge on any atom is -0.413 e. The Bertz CT molecular complexity index is 763. The van der Waals surface area contributed by atoms with Crippen molar-refractivity contribution in [3.05, 3.63) is 42.0 Å². The number of hydrogen-bond donors (Lipinski definition) is 0. The molecule has 3 rings (SSSR count). The molecule has 0 N–H and O–H groups in total. The predicted molar refractivity (Wildman–Crippen MR) is 138 cm³/mol. The van der Waals surface area contributed by atoms with Crippen LogP contribution >= 0.6 is 0 Å². The molecule has 0 saturated heterocycles. The third-order valence-corrected chi connectivity index (χ3v) is 13.3. The molecule has 1 aromatic rings. The van der Waals surface area contributed by atoms with Crippen LogP contribution in [0.25, 0.3) is 0 Å². The first-order chi connectivity index (χ1) is 14.3. The summed E-state index contributed by atoms with van der Waals surface area (Å²) in [5.74, 6) is 2.04. The fraction of sp³-hybridized carbons (Fsp3) is 0.714. The Kier molecular flexibility index (Phi) is 7.18. The summed E-state index contributed by atoms with van der Waals surface area (Å²) in [5, 5.41) is 0.257. The van der Waals surface area contributed by atoms with Crippen molar-refractivity contribution in [2.75, 3.05) is 18.5 Å². The Balaban J connectivity index is 1.89. The molecular formula is C28H47NOSi. The first-order valence-electron chi connectivity index (χ1n) is 12.5. The lowest BCUT2D eigenvalue weighted by atomic mass is 9.58. The van der Waals surface area contributed by atoms with Crippen molar-refractivity contribution in [1.29, 1.82) is 0 Å². The summed E-state index contributed by atoms with van der Waals surface area (Å²) in [5.41, 5.74) is 3.21. The van der Waals surface area contributed by atoms with Crippen LogP contribution in [0.3, 0.4) is 0 Å². The topological polar surface area (TPSA) is 12.5 Å². The number of benzene rings is 1. The van der Waals surface area contributed by atoms with Gasteiger partial charge in [-0.15, -0.1) is 0 Å². The van der Waals surface area contributed by atoms with Crippen LogP contribution < -0.4 is 4.90 Å². The van der Waals surface area contributed by atoms with E-state index < -0.39 is 8.32 Å². The summed E-state index contributed by atoms with van der Waals surface area (Å²) in [6, 6.07) is 10.9. The van der Waals surface area contributed by atoms with Gasteiger partial charge in [-0.1, -0.05) is 71.4 Å². The lowest BCUT2D eigenvalue weighted by molar-refractivity contribution is 0.0171. The zero-order valence-electron chi connectivity index (χ0n) is 21.7. The fourth-order valence-corrected chi connectivity index (χ4v) is 6.89. The van der Waals surface area contributed by atoms with Gasteiger partial charge in [-0.05, 0) is 73.7 Å². The van der Waals surface area contributed by atoms with Crippen LogP contribution in [-0.4, -0.2) is 28.0 Å². The lowest BCUT2D eigenvalue weighted by Crippen LogP contribution is -2.53. The van der Waals surface area contributed by atoms with E-state index >= 15 is 0 Å². The average Bonchev–Trinajstić information content (AvgIpc) is 2.69. The molecule has 0 aromatic heterocycles. The predicted octanol–water partition coefficient (Wildman–Crippen LogP) is 7.92. The molecular weight excluding hydrogens is 394 g/mol. The summed E-state index contributed by atoms with van der Waals surface area (Å²) in [6.07, 6.45) is 8.07. The second-order valence-electron chi connectivity index (χ2n) is 12.3. The normalized spacial score (nSPS) is 29.5. The van der Waals surface area contributed by atoms with Gasteiger partial charge in [0.1, 0.15) is 0 Å². The van der Waals surface area contributed by atoms with Gasteiger partial charge in [-0.3, -0.25) is 0 Å². The largest absolute Gasteiger partial charge is 0.413 e. The summed E-state index contributed by atoms with van der Waals surface area (Å²) in [6.45, 7) is 20.4. The molecule has 0 amide bonds. The molecule has 2 nitrogen and oxygen atoms in total. The molecule has 3 heteroatoms. The van der Waals surface area contributed by atoms with Crippen LogP contribution in [0.2, 0.25) is 18.1 Å². The molecule has 2 aliphatic rings. The third-order valence-electron chi connectivity index (χ3n) is 8.77. The van der Waals surface area contributed by atoms with E-state index in [0.717, 1.165) is 6.54 Å². The Morgan fingerprint density at radius 3 is 2.32 bits per heavy atom. The van der Waals surface area contributed by atoms with Crippen LogP contribution in [0.15, 0.2) is 42.0 Å². The van der Waals surface area contributed by atoms with E-state index in [0.29, 0.717) is 23.9 Å². The van der Waals surface area contributed by atoms with Crippen molar-refractivity contribution in [2.45, 2.75) is 91.5 Å². The second-order valence-corrected chi connectivity index (χ2v) is 17.1. The minimum absolute atomic E-state index is 0.182. The monoisotopic (exact) mass is 441 g/mol. The SMILES string of the molecule is CC(C)[C@H]1C=C2[C@H](CN(C)c3ccccc3)CC[C@@H](O[Si](C)(C)C(C)(C)C)[C@]2(C)CC1. The molecule has 0 bridgehead atoms. The smallest absolute Gasteiger partial charge is 0.192 e. The number of hydrogen-bond acceptors (Lipinski definition) is 2. The fourth-order valence-electron chi connectivity index (χ4n) is 5.45. The Labute approximate surface area is 193 Å². The molecule has 2 aliphatic carbocycles. The Morgan fingerprint density at radius 1 is 1.10 bits per heavy atom. The van der Waals surface area contributed by atoms with Gasteiger partial charge in [0, 0.05) is 24.7 Å². The van der Waals surface area contributed by atoms with Gasteiger partial charge in [-0.2, -0.15) is 0 Å². The van der Waals surface area contributed by atoms with Crippen molar-refractivity contribution in [2.24, 2.45) is 23.2 Å². The summed E-state index contributed by atoms with van der Waals surface area (Å²) >= 11 is 0. The number of nitrogens with zero attached hydrogens (tertiary/aromatic N) is 1. The van der Waals surface area contributed by atoms with Gasteiger partial charge in [0.25, 0.3) is 0 Å². The summed E-state index contributed by atoms with van der Waals surface area (Å²) < 4.78 is 7.13. The van der Waals surface area contributed by atoms with E-state index in [-0.39, 0.29) is 10.5 Å². The lowest BCUT2D eigenvalue weighted by Gasteiger charge is -2.54. The van der Waals surface area contributed by atoms with E-state index in [1.54, 1.807) is 5.57 Å². The van der Waals surface area contributed by atoms with Crippen molar-refractivity contribution < 1.29 is 4.43 Å². The molecule has 1 saturated carbocycles. The quantitative estimate of drug-likeness (QED) is 0.328. The molecule has 0 spiro atoms. The van der Waals surface area contributed by atoms with Gasteiger partial charge >= 0.3 is 0 Å². The molecule has 1 fully saturated rings. The summed E-state index contributed by atoms with van der Waals surface area (Å²) in [7, 11) is 0.459. The molecule has 31 heavy (non-hydrogen) atoms. The average molecular weight is 442 g/mol. The van der Waals surface area contributed by atoms with E-state index in [1.807, 2.05) is 0 Å². The molecule has 0 unspecified atom stereocenters. The minimum atomic E-state index is -1.80. The maximum atomic E-state index is 7.13. The van der Waals surface area contributed by atoms with Gasteiger partial charge in [-0.25, -0.2) is 0 Å². The van der Waals surface area contributed by atoms with Gasteiger partial charge in [0.2, 0.25) is 0 Å². The molecule has 0 aliphatic heterocycles. The molecule has 0 radical (unpaired) electrons. The maximum absolute atomic E-state index is 7.13. The highest BCUT2D eigenvalue weighted by Gasteiger charge is 2.50. The number of allylic oxidation sites excluding steroid dienone is 1. The standard InChI is InChI=1S/C28H47NOSi/c1-21(2)22-17-18-28(6)25(19-22)23(20-29(7)24-13-11-10-12-14-24)15-16-26(28)30-31(8,9)27(3,4)5/h10-14,19,21-23,26H,15-18,20H2,1-9H3/t22-,23+,26-,28-/m1/s1. The number of fused-ring (bicyclic) bond motifs is 1. The van der Waals surface area contributed by atoms with Crippen molar-refractivity contribution in [1.82, 2.24) is 0 Å². The highest BCUT2D eigenvalue weighted by Crippen LogP contribution is 2.54. The summed E-state index contributed by atoms with van der Waals surface area (Å²) in [4.78, 5) is 2.46. The number of rotatable bonds is 6. The van der Waals surface area contributed by atoms with Gasteiger partial charge < -0.3 is 9.33 Å². The van der Waals surface area contributed by atoms with Crippen LogP contribution in [0.1, 0.15) is 67.2 Å². The Hall–Kier alpha value is -1.06. The molecule has 4 atom stereocenters. The molecule has 0 heterocycles. The van der Waals surface area contributed by atoms with E-state index in [9.17, 15) is 0 Å². The maximum Gasteiger partial charge on any atom is 0.192 e. The zero-order valence-corrected chi connectivity index (χ0v) is 22.7. The second kappa shape index (κ2) is 9.06. The van der Waals surface area contributed by atoms with Crippen molar-refractivity contribution in [3.8, 4) is 0 Å². The highest BCUT2D eigenvalue weighted by atomic mass is 28.4. The van der Waals surface area contributed by atoms with Crippen LogP contribution in [0, 0.1) is 23.2 Å². The number of para-hydroxylation sites is 1. The van der Waals surface area contributed by atoms with Crippen LogP contribution in [-0.2, 0) is 4.43 Å².